The number of methoxy groups -OCH3 is 2. The molecule has 0 saturated heterocycles. The molecule has 1 rings (SSSR count). The van der Waals surface area contributed by atoms with Gasteiger partial charge in [-0.15, -0.1) is 24.0 Å². The highest BCUT2D eigenvalue weighted by Gasteiger charge is 2.22. The van der Waals surface area contributed by atoms with Crippen LogP contribution in [0.25, 0.3) is 0 Å². The van der Waals surface area contributed by atoms with E-state index in [1.807, 2.05) is 18.2 Å². The van der Waals surface area contributed by atoms with Gasteiger partial charge in [0, 0.05) is 25.7 Å². The predicted molar refractivity (Wildman–Crippen MR) is 120 cm³/mol. The molecule has 0 aliphatic heterocycles. The zero-order chi connectivity index (χ0) is 19.8. The Bertz CT molecular complexity index is 724. The number of ether oxygens (including phenoxy) is 2. The minimum Gasteiger partial charge on any atom is -0.493 e. The number of sulfonamides is 1. The van der Waals surface area contributed by atoms with Crippen molar-refractivity contribution in [1.29, 1.82) is 0 Å². The molecule has 8 nitrogen and oxygen atoms in total. The van der Waals surface area contributed by atoms with Crippen LogP contribution in [0.1, 0.15) is 19.4 Å². The summed E-state index contributed by atoms with van der Waals surface area (Å²) < 4.78 is 35.9. The Kier molecular flexibility index (Phi) is 11.0. The van der Waals surface area contributed by atoms with E-state index < -0.39 is 15.6 Å². The number of guanidine groups is 1. The molecule has 0 aromatic heterocycles. The van der Waals surface area contributed by atoms with Gasteiger partial charge in [0.15, 0.2) is 17.5 Å². The van der Waals surface area contributed by atoms with Crippen LogP contribution in [-0.4, -0.2) is 60.5 Å². The molecule has 0 fully saturated rings. The predicted octanol–water partition coefficient (Wildman–Crippen LogP) is 1.36. The van der Waals surface area contributed by atoms with E-state index in [9.17, 15) is 8.42 Å². The van der Waals surface area contributed by atoms with Gasteiger partial charge in [-0.1, -0.05) is 6.07 Å². The Balaban J connectivity index is 0.00000676. The molecular weight excluding hydrogens is 483 g/mol. The number of nitrogens with one attached hydrogen (secondary N) is 3. The third kappa shape index (κ3) is 10.0. The lowest BCUT2D eigenvalue weighted by Crippen LogP contribution is -2.53. The summed E-state index contributed by atoms with van der Waals surface area (Å²) in [5.41, 5.74) is 0.471. The smallest absolute Gasteiger partial charge is 0.209 e. The zero-order valence-electron chi connectivity index (χ0n) is 16.8. The van der Waals surface area contributed by atoms with Crippen LogP contribution in [0.2, 0.25) is 0 Å². The Labute approximate surface area is 179 Å². The molecule has 1 aromatic rings. The standard InChI is InChI=1S/C17H30N4O4S.HI/c1-17(2,21-26(6,22)23)12-20-16(18-3)19-10-9-13-7-8-14(24-4)15(11-13)25-5;/h7-8,11,21H,9-10,12H2,1-6H3,(H2,18,19,20);1H. The first-order chi connectivity index (χ1) is 12.1. The van der Waals surface area contributed by atoms with E-state index in [-0.39, 0.29) is 24.0 Å². The van der Waals surface area contributed by atoms with E-state index in [1.165, 1.54) is 0 Å². The second-order valence-electron chi connectivity index (χ2n) is 6.55. The summed E-state index contributed by atoms with van der Waals surface area (Å²) in [5.74, 6) is 2.00. The first kappa shape index (κ1) is 25.7. The molecule has 0 atom stereocenters. The van der Waals surface area contributed by atoms with Gasteiger partial charge in [-0.05, 0) is 38.0 Å². The third-order valence-corrected chi connectivity index (χ3v) is 4.46. The number of rotatable bonds is 9. The quantitative estimate of drug-likeness (QED) is 0.262. The van der Waals surface area contributed by atoms with Gasteiger partial charge >= 0.3 is 0 Å². The number of halogens is 1. The Morgan fingerprint density at radius 3 is 2.30 bits per heavy atom. The molecule has 1 aromatic carbocycles. The van der Waals surface area contributed by atoms with Gasteiger partial charge in [-0.3, -0.25) is 4.99 Å². The molecule has 0 saturated carbocycles. The monoisotopic (exact) mass is 514 g/mol. The maximum absolute atomic E-state index is 11.4. The van der Waals surface area contributed by atoms with Crippen LogP contribution in [0.5, 0.6) is 11.5 Å². The Morgan fingerprint density at radius 1 is 1.15 bits per heavy atom. The maximum Gasteiger partial charge on any atom is 0.209 e. The molecule has 156 valence electrons. The van der Waals surface area contributed by atoms with E-state index in [4.69, 9.17) is 9.47 Å². The summed E-state index contributed by atoms with van der Waals surface area (Å²) in [6, 6.07) is 5.80. The van der Waals surface area contributed by atoms with Crippen LogP contribution in [0.3, 0.4) is 0 Å². The van der Waals surface area contributed by atoms with Gasteiger partial charge in [-0.25, -0.2) is 13.1 Å². The van der Waals surface area contributed by atoms with E-state index in [0.717, 1.165) is 18.2 Å². The fraction of sp³-hybridized carbons (Fsp3) is 0.588. The Morgan fingerprint density at radius 2 is 1.78 bits per heavy atom. The molecule has 0 heterocycles. The van der Waals surface area contributed by atoms with Crippen molar-refractivity contribution in [3.8, 4) is 11.5 Å². The summed E-state index contributed by atoms with van der Waals surface area (Å²) in [7, 11) is 1.61. The lowest BCUT2D eigenvalue weighted by Gasteiger charge is -2.26. The molecular formula is C17H31IN4O4S. The van der Waals surface area contributed by atoms with Crippen LogP contribution in [0.4, 0.5) is 0 Å². The SMILES string of the molecule is CN=C(NCCc1ccc(OC)c(OC)c1)NCC(C)(C)NS(C)(=O)=O.I. The molecule has 0 bridgehead atoms. The Hall–Kier alpha value is -1.27. The maximum atomic E-state index is 11.4. The second-order valence-corrected chi connectivity index (χ2v) is 8.30. The topological polar surface area (TPSA) is 101 Å². The first-order valence-electron chi connectivity index (χ1n) is 8.24. The highest BCUT2D eigenvalue weighted by Crippen LogP contribution is 2.27. The van der Waals surface area contributed by atoms with E-state index in [2.05, 4.69) is 20.3 Å². The van der Waals surface area contributed by atoms with Crippen molar-refractivity contribution in [3.05, 3.63) is 23.8 Å². The minimum atomic E-state index is -3.27. The molecule has 0 amide bonds. The van der Waals surface area contributed by atoms with Crippen molar-refractivity contribution in [2.75, 3.05) is 40.6 Å². The molecule has 0 unspecified atom stereocenters. The summed E-state index contributed by atoms with van der Waals surface area (Å²) in [6.07, 6.45) is 1.91. The number of benzene rings is 1. The summed E-state index contributed by atoms with van der Waals surface area (Å²) in [5, 5.41) is 6.34. The van der Waals surface area contributed by atoms with Gasteiger partial charge in [0.2, 0.25) is 10.0 Å². The van der Waals surface area contributed by atoms with Crippen molar-refractivity contribution in [2.45, 2.75) is 25.8 Å². The first-order valence-corrected chi connectivity index (χ1v) is 10.1. The molecule has 27 heavy (non-hydrogen) atoms. The lowest BCUT2D eigenvalue weighted by atomic mass is 10.1. The lowest BCUT2D eigenvalue weighted by molar-refractivity contribution is 0.354. The third-order valence-electron chi connectivity index (χ3n) is 3.54. The van der Waals surface area contributed by atoms with Crippen LogP contribution in [-0.2, 0) is 16.4 Å². The zero-order valence-corrected chi connectivity index (χ0v) is 19.9. The number of nitrogens with zero attached hydrogens (tertiary/aromatic N) is 1. The molecule has 10 heteroatoms. The fourth-order valence-corrected chi connectivity index (χ4v) is 3.50. The number of hydrogen-bond donors (Lipinski definition) is 3. The van der Waals surface area contributed by atoms with Crippen LogP contribution in [0.15, 0.2) is 23.2 Å². The van der Waals surface area contributed by atoms with Crippen LogP contribution < -0.4 is 24.8 Å². The average molecular weight is 514 g/mol. The highest BCUT2D eigenvalue weighted by molar-refractivity contribution is 14.0. The molecule has 0 aliphatic rings. The normalized spacial score (nSPS) is 12.1. The summed E-state index contributed by atoms with van der Waals surface area (Å²) >= 11 is 0. The van der Waals surface area contributed by atoms with Crippen molar-refractivity contribution in [1.82, 2.24) is 15.4 Å². The fourth-order valence-electron chi connectivity index (χ4n) is 2.42. The second kappa shape index (κ2) is 11.5. The van der Waals surface area contributed by atoms with Crippen molar-refractivity contribution in [3.63, 3.8) is 0 Å². The minimum absolute atomic E-state index is 0. The van der Waals surface area contributed by atoms with Crippen molar-refractivity contribution < 1.29 is 17.9 Å². The van der Waals surface area contributed by atoms with Crippen LogP contribution in [0, 0.1) is 0 Å². The van der Waals surface area contributed by atoms with Gasteiger partial charge < -0.3 is 20.1 Å². The van der Waals surface area contributed by atoms with Gasteiger partial charge in [0.25, 0.3) is 0 Å². The number of hydrogen-bond acceptors (Lipinski definition) is 5. The number of aliphatic imine (C=N–C) groups is 1. The molecule has 0 aliphatic carbocycles. The summed E-state index contributed by atoms with van der Waals surface area (Å²) in [6.45, 7) is 4.67. The average Bonchev–Trinajstić information content (AvgIpc) is 2.55. The van der Waals surface area contributed by atoms with Gasteiger partial charge in [-0.2, -0.15) is 0 Å². The van der Waals surface area contributed by atoms with E-state index in [0.29, 0.717) is 30.5 Å². The largest absolute Gasteiger partial charge is 0.493 e. The van der Waals surface area contributed by atoms with Crippen LogP contribution >= 0.6 is 24.0 Å². The molecule has 3 N–H and O–H groups in total. The van der Waals surface area contributed by atoms with Gasteiger partial charge in [0.1, 0.15) is 0 Å². The van der Waals surface area contributed by atoms with Crippen molar-refractivity contribution in [2.24, 2.45) is 4.99 Å². The molecule has 0 spiro atoms. The van der Waals surface area contributed by atoms with E-state index >= 15 is 0 Å². The molecule has 0 radical (unpaired) electrons. The van der Waals surface area contributed by atoms with Crippen molar-refractivity contribution >= 4 is 40.0 Å². The van der Waals surface area contributed by atoms with Gasteiger partial charge in [0.05, 0.1) is 20.5 Å². The highest BCUT2D eigenvalue weighted by atomic mass is 127. The summed E-state index contributed by atoms with van der Waals surface area (Å²) in [4.78, 5) is 4.15. The van der Waals surface area contributed by atoms with E-state index in [1.54, 1.807) is 35.1 Å².